The predicted molar refractivity (Wildman–Crippen MR) is 107 cm³/mol. The molecular weight excluding hydrogens is 368 g/mol. The van der Waals surface area contributed by atoms with Crippen LogP contribution >= 0.6 is 0 Å². The number of rotatable bonds is 5. The molecule has 1 aromatic heterocycles. The predicted octanol–water partition coefficient (Wildman–Crippen LogP) is 4.28. The number of esters is 1. The first-order chi connectivity index (χ1) is 14.1. The zero-order valence-corrected chi connectivity index (χ0v) is 16.9. The maximum absolute atomic E-state index is 13.1. The summed E-state index contributed by atoms with van der Waals surface area (Å²) in [4.78, 5) is 13.1. The molecule has 6 heteroatoms. The summed E-state index contributed by atoms with van der Waals surface area (Å²) < 4.78 is 16.4. The van der Waals surface area contributed by atoms with Gasteiger partial charge in [-0.05, 0) is 80.5 Å². The van der Waals surface area contributed by atoms with Gasteiger partial charge in [-0.25, -0.2) is 0 Å². The summed E-state index contributed by atoms with van der Waals surface area (Å²) in [5.41, 5.74) is 1.11. The van der Waals surface area contributed by atoms with Gasteiger partial charge < -0.3 is 14.2 Å². The number of hydrogen-bond donors (Lipinski definition) is 0. The number of hydrogen-bond acceptors (Lipinski definition) is 6. The molecule has 152 valence electrons. The van der Waals surface area contributed by atoms with Crippen LogP contribution in [0.5, 0.6) is 17.4 Å². The second-order valence-electron chi connectivity index (χ2n) is 8.91. The molecule has 4 bridgehead atoms. The molecule has 4 saturated carbocycles. The van der Waals surface area contributed by atoms with Gasteiger partial charge in [0.05, 0.1) is 25.3 Å². The zero-order chi connectivity index (χ0) is 20.0. The van der Waals surface area contributed by atoms with Gasteiger partial charge >= 0.3 is 5.97 Å². The SMILES string of the molecule is COc1ccc(OC)c(-c2ccc(OC(=O)C34CC5CC(CC(C5)C3)C4)nn2)c1. The summed E-state index contributed by atoms with van der Waals surface area (Å²) in [5, 5.41) is 8.43. The highest BCUT2D eigenvalue weighted by Gasteiger charge is 2.55. The Morgan fingerprint density at radius 2 is 1.62 bits per heavy atom. The zero-order valence-electron chi connectivity index (χ0n) is 16.9. The van der Waals surface area contributed by atoms with Crippen molar-refractivity contribution in [3.05, 3.63) is 30.3 Å². The summed E-state index contributed by atoms with van der Waals surface area (Å²) in [5.74, 6) is 3.63. The van der Waals surface area contributed by atoms with E-state index in [9.17, 15) is 4.79 Å². The number of aromatic nitrogens is 2. The van der Waals surface area contributed by atoms with Crippen molar-refractivity contribution in [1.82, 2.24) is 10.2 Å². The van der Waals surface area contributed by atoms with Gasteiger partial charge in [0.15, 0.2) is 0 Å². The van der Waals surface area contributed by atoms with Gasteiger partial charge in [-0.15, -0.1) is 10.2 Å². The summed E-state index contributed by atoms with van der Waals surface area (Å²) >= 11 is 0. The molecule has 0 saturated heterocycles. The number of methoxy groups -OCH3 is 2. The Kier molecular flexibility index (Phi) is 4.45. The fraction of sp³-hybridized carbons (Fsp3) is 0.522. The highest BCUT2D eigenvalue weighted by Crippen LogP contribution is 2.60. The second-order valence-corrected chi connectivity index (χ2v) is 8.91. The standard InChI is InChI=1S/C23H26N2O4/c1-27-17-3-5-20(28-2)18(10-17)19-4-6-21(25-24-19)29-22(26)23-11-14-7-15(12-23)9-16(8-14)13-23/h3-6,10,14-16H,7-9,11-13H2,1-2H3. The normalized spacial score (nSPS) is 29.5. The van der Waals surface area contributed by atoms with E-state index in [2.05, 4.69) is 10.2 Å². The van der Waals surface area contributed by atoms with Crippen LogP contribution in [0.2, 0.25) is 0 Å². The lowest BCUT2D eigenvalue weighted by Gasteiger charge is -2.55. The highest BCUT2D eigenvalue weighted by molar-refractivity contribution is 5.79. The number of carbonyl (C=O) groups is 1. The molecule has 1 heterocycles. The van der Waals surface area contributed by atoms with Crippen LogP contribution in [0.25, 0.3) is 11.3 Å². The van der Waals surface area contributed by atoms with E-state index in [1.165, 1.54) is 19.3 Å². The average Bonchev–Trinajstić information content (AvgIpc) is 2.73. The molecule has 4 fully saturated rings. The number of benzene rings is 1. The smallest absolute Gasteiger partial charge is 0.318 e. The molecule has 4 aliphatic carbocycles. The first-order valence-electron chi connectivity index (χ1n) is 10.4. The molecule has 0 aliphatic heterocycles. The minimum atomic E-state index is -0.300. The third-order valence-electron chi connectivity index (χ3n) is 6.99. The summed E-state index contributed by atoms with van der Waals surface area (Å²) in [6.07, 6.45) is 6.81. The molecule has 0 spiro atoms. The summed E-state index contributed by atoms with van der Waals surface area (Å²) in [7, 11) is 3.23. The molecule has 4 aliphatic rings. The minimum absolute atomic E-state index is 0.113. The molecular formula is C23H26N2O4. The van der Waals surface area contributed by atoms with E-state index < -0.39 is 0 Å². The fourth-order valence-electron chi connectivity index (χ4n) is 6.10. The van der Waals surface area contributed by atoms with Crippen LogP contribution in [0.3, 0.4) is 0 Å². The molecule has 0 atom stereocenters. The molecule has 6 rings (SSSR count). The highest BCUT2D eigenvalue weighted by atomic mass is 16.5. The Balaban J connectivity index is 1.34. The van der Waals surface area contributed by atoms with Crippen LogP contribution < -0.4 is 14.2 Å². The van der Waals surface area contributed by atoms with Crippen LogP contribution in [0, 0.1) is 23.2 Å². The molecule has 2 aromatic rings. The van der Waals surface area contributed by atoms with Crippen molar-refractivity contribution in [3.63, 3.8) is 0 Å². The third kappa shape index (κ3) is 3.24. The first kappa shape index (κ1) is 18.4. The summed E-state index contributed by atoms with van der Waals surface area (Å²) in [6.45, 7) is 0. The second kappa shape index (κ2) is 7.01. The molecule has 0 unspecified atom stereocenters. The average molecular weight is 394 g/mol. The lowest BCUT2D eigenvalue weighted by molar-refractivity contribution is -0.161. The Labute approximate surface area is 170 Å². The van der Waals surface area contributed by atoms with E-state index >= 15 is 0 Å². The van der Waals surface area contributed by atoms with Crippen molar-refractivity contribution in [2.45, 2.75) is 38.5 Å². The van der Waals surface area contributed by atoms with Crippen LogP contribution in [-0.4, -0.2) is 30.4 Å². The minimum Gasteiger partial charge on any atom is -0.497 e. The van der Waals surface area contributed by atoms with E-state index in [1.807, 2.05) is 18.2 Å². The van der Waals surface area contributed by atoms with E-state index in [1.54, 1.807) is 26.4 Å². The van der Waals surface area contributed by atoms with Gasteiger partial charge in [-0.1, -0.05) is 0 Å². The van der Waals surface area contributed by atoms with Crippen molar-refractivity contribution < 1.29 is 19.0 Å². The molecule has 0 N–H and O–H groups in total. The van der Waals surface area contributed by atoms with Crippen molar-refractivity contribution in [2.75, 3.05) is 14.2 Å². The Morgan fingerprint density at radius 1 is 0.931 bits per heavy atom. The Morgan fingerprint density at radius 3 is 2.17 bits per heavy atom. The van der Waals surface area contributed by atoms with Gasteiger partial charge in [-0.3, -0.25) is 4.79 Å². The maximum atomic E-state index is 13.1. The Hall–Kier alpha value is -2.63. The first-order valence-corrected chi connectivity index (χ1v) is 10.4. The van der Waals surface area contributed by atoms with E-state index in [0.29, 0.717) is 34.9 Å². The van der Waals surface area contributed by atoms with Gasteiger partial charge in [0.25, 0.3) is 0 Å². The van der Waals surface area contributed by atoms with Gasteiger partial charge in [0.2, 0.25) is 5.88 Å². The van der Waals surface area contributed by atoms with Crippen molar-refractivity contribution in [3.8, 4) is 28.6 Å². The van der Waals surface area contributed by atoms with Crippen LogP contribution in [0.1, 0.15) is 38.5 Å². The lowest BCUT2D eigenvalue weighted by atomic mass is 9.49. The molecule has 6 nitrogen and oxygen atoms in total. The number of carbonyl (C=O) groups excluding carboxylic acids is 1. The van der Waals surface area contributed by atoms with Crippen molar-refractivity contribution in [1.29, 1.82) is 0 Å². The molecule has 0 amide bonds. The van der Waals surface area contributed by atoms with E-state index in [0.717, 1.165) is 24.8 Å². The molecule has 29 heavy (non-hydrogen) atoms. The molecule has 0 radical (unpaired) electrons. The number of ether oxygens (including phenoxy) is 3. The largest absolute Gasteiger partial charge is 0.497 e. The quantitative estimate of drug-likeness (QED) is 0.705. The van der Waals surface area contributed by atoms with Gasteiger partial charge in [-0.2, -0.15) is 0 Å². The third-order valence-corrected chi connectivity index (χ3v) is 6.99. The Bertz CT molecular complexity index is 890. The van der Waals surface area contributed by atoms with Crippen LogP contribution in [-0.2, 0) is 4.79 Å². The maximum Gasteiger partial charge on any atom is 0.318 e. The van der Waals surface area contributed by atoms with E-state index in [4.69, 9.17) is 14.2 Å². The summed E-state index contributed by atoms with van der Waals surface area (Å²) in [6, 6.07) is 9.02. The van der Waals surface area contributed by atoms with E-state index in [-0.39, 0.29) is 17.3 Å². The topological polar surface area (TPSA) is 70.5 Å². The number of nitrogens with zero attached hydrogens (tertiary/aromatic N) is 2. The fourth-order valence-corrected chi connectivity index (χ4v) is 6.10. The molecule has 1 aromatic carbocycles. The van der Waals surface area contributed by atoms with Gasteiger partial charge in [0.1, 0.15) is 11.5 Å². The van der Waals surface area contributed by atoms with Gasteiger partial charge in [0, 0.05) is 11.6 Å². The van der Waals surface area contributed by atoms with Crippen LogP contribution in [0.15, 0.2) is 30.3 Å². The lowest BCUT2D eigenvalue weighted by Crippen LogP contribution is -2.51. The van der Waals surface area contributed by atoms with Crippen molar-refractivity contribution >= 4 is 5.97 Å². The van der Waals surface area contributed by atoms with Crippen molar-refractivity contribution in [2.24, 2.45) is 23.2 Å². The van der Waals surface area contributed by atoms with Crippen LogP contribution in [0.4, 0.5) is 0 Å². The monoisotopic (exact) mass is 394 g/mol.